The quantitative estimate of drug-likeness (QED) is 0.697. The van der Waals surface area contributed by atoms with Crippen LogP contribution in [0.15, 0.2) is 20.0 Å². The SMILES string of the molecule is C=CC=[CH][Ac]=[CH]CC. The summed E-state index contributed by atoms with van der Waals surface area (Å²) in [4.78, 5) is 0. The molecule has 0 aromatic carbocycles. The van der Waals surface area contributed by atoms with Crippen LogP contribution in [-0.4, -0.2) is 1.16 Å². The maximum absolute atomic E-state index is 3.59. The van der Waals surface area contributed by atoms with Crippen molar-refractivity contribution in [3.8, 4) is 0 Å². The molecule has 1 heteroatoms. The Morgan fingerprint density at radius 3 is 2.88 bits per heavy atom. The van der Waals surface area contributed by atoms with Crippen LogP contribution in [0.25, 0.3) is 0 Å². The zero-order chi connectivity index (χ0) is 6.24. The first kappa shape index (κ1) is 8.79. The summed E-state index contributed by atoms with van der Waals surface area (Å²) >= 11 is -0.584. The summed E-state index contributed by atoms with van der Waals surface area (Å²) in [6.07, 6.45) is 5.16. The Morgan fingerprint density at radius 1 is 1.62 bits per heavy atom. The molecule has 0 aromatic rings. The van der Waals surface area contributed by atoms with Gasteiger partial charge in [-0.25, -0.2) is 0 Å². The summed E-state index contributed by atoms with van der Waals surface area (Å²) in [6.45, 7) is 5.79. The molecular weight excluding hydrogens is 311 g/mol. The molecule has 42 valence electrons. The van der Waals surface area contributed by atoms with Crippen molar-refractivity contribution in [1.29, 1.82) is 0 Å². The van der Waals surface area contributed by atoms with E-state index in [1.165, 1.54) is 6.42 Å². The van der Waals surface area contributed by atoms with Gasteiger partial charge in [0.05, 0.1) is 0 Å². The number of hydrogen-bond acceptors (Lipinski definition) is 0. The molecule has 0 aliphatic carbocycles. The minimum atomic E-state index is -0.584. The molecule has 0 unspecified atom stereocenters. The van der Waals surface area contributed by atoms with Crippen LogP contribution < -0.4 is 0 Å². The molecule has 0 fully saturated rings. The van der Waals surface area contributed by atoms with E-state index in [2.05, 4.69) is 22.0 Å². The second kappa shape index (κ2) is 7.79. The van der Waals surface area contributed by atoms with Gasteiger partial charge in [0.15, 0.2) is 0 Å². The first-order valence-corrected chi connectivity index (χ1v) is 8.34. The summed E-state index contributed by atoms with van der Waals surface area (Å²) in [6, 6.07) is 0. The predicted octanol–water partition coefficient (Wildman–Crippen LogP) is 1.98. The Labute approximate surface area is 72.6 Å². The Morgan fingerprint density at radius 2 is 2.38 bits per heavy atom. The van der Waals surface area contributed by atoms with Gasteiger partial charge in [0, 0.05) is 0 Å². The molecule has 0 aliphatic rings. The summed E-state index contributed by atoms with van der Waals surface area (Å²) in [5.74, 6) is 0. The van der Waals surface area contributed by atoms with Crippen molar-refractivity contribution in [2.75, 3.05) is 0 Å². The van der Waals surface area contributed by atoms with Crippen LogP contribution in [0.1, 0.15) is 13.3 Å². The van der Waals surface area contributed by atoms with Crippen molar-refractivity contribution in [1.82, 2.24) is 0 Å². The third-order valence-corrected chi connectivity index (χ3v) is 5.61. The molecule has 0 N–H and O–H groups in total. The number of allylic oxidation sites excluding steroid dienone is 2. The van der Waals surface area contributed by atoms with E-state index < -0.39 is 39.2 Å². The Hall–Kier alpha value is 0.792. The van der Waals surface area contributed by atoms with E-state index in [1.807, 2.05) is 6.08 Å². The van der Waals surface area contributed by atoms with E-state index in [0.29, 0.717) is 0 Å². The molecule has 0 aromatic heterocycles. The molecule has 0 spiro atoms. The van der Waals surface area contributed by atoms with E-state index in [9.17, 15) is 0 Å². The van der Waals surface area contributed by atoms with E-state index in [1.54, 1.807) is 0 Å². The van der Waals surface area contributed by atoms with Crippen LogP contribution in [0.2, 0.25) is 0 Å². The van der Waals surface area contributed by atoms with Crippen LogP contribution in [0.4, 0.5) is 0 Å². The fraction of sp³-hybridized carbons (Fsp3) is 0.286. The van der Waals surface area contributed by atoms with Gasteiger partial charge in [-0.1, -0.05) is 0 Å². The topological polar surface area (TPSA) is 0 Å². The van der Waals surface area contributed by atoms with E-state index in [0.717, 1.165) is 0 Å². The average molecular weight is 322 g/mol. The molecule has 0 radical (unpaired) electrons. The monoisotopic (exact) mass is 322 g/mol. The minimum absolute atomic E-state index is 0.584. The van der Waals surface area contributed by atoms with Crippen molar-refractivity contribution in [3.63, 3.8) is 0 Å². The zero-order valence-electron chi connectivity index (χ0n) is 5.30. The van der Waals surface area contributed by atoms with Crippen LogP contribution in [0.3, 0.4) is 0 Å². The van der Waals surface area contributed by atoms with Gasteiger partial charge >= 0.3 is 73.7 Å². The molecule has 0 atom stereocenters. The molecular formula is C7H11Ac. The van der Waals surface area contributed by atoms with Crippen molar-refractivity contribution >= 4 is 1.16 Å². The van der Waals surface area contributed by atoms with Gasteiger partial charge in [0.2, 0.25) is 0 Å². The zero-order valence-corrected chi connectivity index (χ0v) is 10.0. The maximum atomic E-state index is 3.59. The van der Waals surface area contributed by atoms with Gasteiger partial charge < -0.3 is 0 Å². The Bertz CT molecular complexity index is 101. The first-order chi connectivity index (χ1) is 3.91. The van der Waals surface area contributed by atoms with Gasteiger partial charge in [-0.15, -0.1) is 0 Å². The first-order valence-electron chi connectivity index (χ1n) is 2.86. The van der Waals surface area contributed by atoms with Gasteiger partial charge in [0.25, 0.3) is 0 Å². The molecule has 0 aliphatic heterocycles. The molecule has 0 rings (SSSR count). The summed E-state index contributed by atoms with van der Waals surface area (Å²) < 4.78 is 4.75. The summed E-state index contributed by atoms with van der Waals surface area (Å²) in [5.41, 5.74) is 0. The average Bonchev–Trinajstić information content (AvgIpc) is 1.81. The molecule has 0 heterocycles. The van der Waals surface area contributed by atoms with Gasteiger partial charge in [-0.05, 0) is 0 Å². The fourth-order valence-electron chi connectivity index (χ4n) is 0.357. The van der Waals surface area contributed by atoms with E-state index in [-0.39, 0.29) is 0 Å². The van der Waals surface area contributed by atoms with Crippen LogP contribution in [-0.2, 0) is 0 Å². The number of hydrogen-bond donors (Lipinski definition) is 0. The second-order valence-electron chi connectivity index (χ2n) is 1.46. The van der Waals surface area contributed by atoms with Crippen molar-refractivity contribution in [2.45, 2.75) is 13.3 Å². The summed E-state index contributed by atoms with van der Waals surface area (Å²) in [7, 11) is 0. The normalized spacial score (nSPS) is 10.1. The molecule has 0 amide bonds. The van der Waals surface area contributed by atoms with Crippen LogP contribution >= 0.6 is 0 Å². The Balaban J connectivity index is 3.26. The third kappa shape index (κ3) is 6.79. The van der Waals surface area contributed by atoms with Gasteiger partial charge in [-0.3, -0.25) is 0 Å². The van der Waals surface area contributed by atoms with Gasteiger partial charge in [0.1, 0.15) is 0 Å². The summed E-state index contributed by atoms with van der Waals surface area (Å²) in [5, 5.41) is 0. The van der Waals surface area contributed by atoms with Crippen molar-refractivity contribution < 1.29 is 39.2 Å². The van der Waals surface area contributed by atoms with E-state index >= 15 is 0 Å². The van der Waals surface area contributed by atoms with Crippen LogP contribution in [0.5, 0.6) is 0 Å². The second-order valence-corrected chi connectivity index (χ2v) is 6.56. The van der Waals surface area contributed by atoms with Gasteiger partial charge in [-0.2, -0.15) is 0 Å². The van der Waals surface area contributed by atoms with Crippen molar-refractivity contribution in [2.24, 2.45) is 0 Å². The molecule has 0 saturated carbocycles. The predicted molar refractivity (Wildman–Crippen MR) is 35.7 cm³/mol. The Kier molecular flexibility index (Phi) is 8.56. The fourth-order valence-corrected chi connectivity index (χ4v) is 3.29. The molecule has 0 bridgehead atoms. The van der Waals surface area contributed by atoms with E-state index in [4.69, 9.17) is 0 Å². The molecule has 0 saturated heterocycles. The molecule has 0 nitrogen and oxygen atoms in total. The standard InChI is InChI=1S/C4H5.C3H6.Ac/c1-3-4-2;1-3-2;/h1,3-4H,2H2;1H,3H2,2H3;. The third-order valence-electron chi connectivity index (χ3n) is 0.730. The molecule has 8 heavy (non-hydrogen) atoms. The van der Waals surface area contributed by atoms with Crippen molar-refractivity contribution in [3.05, 3.63) is 20.0 Å². The number of rotatable bonds is 3. The van der Waals surface area contributed by atoms with Crippen LogP contribution in [0, 0.1) is 39.2 Å².